The van der Waals surface area contributed by atoms with Gasteiger partial charge in [0, 0.05) is 20.9 Å². The third-order valence-electron chi connectivity index (χ3n) is 4.59. The number of aromatic nitrogens is 1. The van der Waals surface area contributed by atoms with E-state index < -0.39 is 26.9 Å². The highest BCUT2D eigenvalue weighted by atomic mass is 127. The average Bonchev–Trinajstić information content (AvgIpc) is 3.39. The molecular formula is C18H15F2IN2O3S. The highest BCUT2D eigenvalue weighted by Gasteiger charge is 2.36. The smallest absolute Gasteiger partial charge is 0.235 e. The first kappa shape index (κ1) is 18.6. The standard InChI is InChI=1S/C18H15F2IN2O3S/c1-9-13-8-16(23-27(24,25)12-4-5-12)14(17(20)18(13)22-26-9)6-10-2-3-11(21)7-15(10)19/h2-3,7-8,12,23H,4-6H2,1H3. The van der Waals surface area contributed by atoms with E-state index >= 15 is 4.39 Å². The highest BCUT2D eigenvalue weighted by molar-refractivity contribution is 14.1. The van der Waals surface area contributed by atoms with Crippen molar-refractivity contribution in [1.29, 1.82) is 0 Å². The van der Waals surface area contributed by atoms with Gasteiger partial charge in [0.25, 0.3) is 0 Å². The average molecular weight is 504 g/mol. The number of halogens is 3. The van der Waals surface area contributed by atoms with Crippen molar-refractivity contribution in [3.05, 3.63) is 56.4 Å². The normalized spacial score (nSPS) is 14.7. The van der Waals surface area contributed by atoms with Crippen molar-refractivity contribution in [3.8, 4) is 0 Å². The van der Waals surface area contributed by atoms with Gasteiger partial charge < -0.3 is 4.52 Å². The number of nitrogens with one attached hydrogen (secondary N) is 1. The predicted octanol–water partition coefficient (Wildman–Crippen LogP) is 4.51. The van der Waals surface area contributed by atoms with Gasteiger partial charge in [-0.2, -0.15) is 0 Å². The fourth-order valence-corrected chi connectivity index (χ4v) is 4.80. The fourth-order valence-electron chi connectivity index (χ4n) is 2.93. The summed E-state index contributed by atoms with van der Waals surface area (Å²) in [7, 11) is -3.62. The molecule has 0 saturated heterocycles. The van der Waals surface area contributed by atoms with E-state index in [1.165, 1.54) is 12.1 Å². The molecule has 4 rings (SSSR count). The van der Waals surface area contributed by atoms with Crippen molar-refractivity contribution in [1.82, 2.24) is 5.16 Å². The number of hydrogen-bond acceptors (Lipinski definition) is 4. The molecule has 2 aromatic carbocycles. The van der Waals surface area contributed by atoms with Gasteiger partial charge in [0.15, 0.2) is 5.82 Å². The lowest BCUT2D eigenvalue weighted by atomic mass is 10.00. The third kappa shape index (κ3) is 3.54. The van der Waals surface area contributed by atoms with Gasteiger partial charge in [-0.25, -0.2) is 17.2 Å². The monoisotopic (exact) mass is 504 g/mol. The van der Waals surface area contributed by atoms with Gasteiger partial charge >= 0.3 is 0 Å². The zero-order valence-corrected chi connectivity index (χ0v) is 17.2. The molecular weight excluding hydrogens is 489 g/mol. The lowest BCUT2D eigenvalue weighted by Gasteiger charge is -2.14. The van der Waals surface area contributed by atoms with Crippen LogP contribution >= 0.6 is 22.6 Å². The summed E-state index contributed by atoms with van der Waals surface area (Å²) in [4.78, 5) is 0. The van der Waals surface area contributed by atoms with Crippen LogP contribution in [0.3, 0.4) is 0 Å². The Hall–Kier alpha value is -1.75. The second-order valence-electron chi connectivity index (χ2n) is 6.61. The molecule has 0 aliphatic heterocycles. The van der Waals surface area contributed by atoms with Gasteiger partial charge in [-0.1, -0.05) is 11.2 Å². The Kier molecular flexibility index (Phi) is 4.61. The first-order valence-electron chi connectivity index (χ1n) is 8.29. The van der Waals surface area contributed by atoms with Crippen LogP contribution < -0.4 is 4.72 Å². The molecule has 142 valence electrons. The minimum absolute atomic E-state index is 0.00258. The summed E-state index contributed by atoms with van der Waals surface area (Å²) in [6, 6.07) is 6.13. The van der Waals surface area contributed by atoms with E-state index in [9.17, 15) is 12.8 Å². The molecule has 1 N–H and O–H groups in total. The first-order chi connectivity index (χ1) is 12.8. The summed E-state index contributed by atoms with van der Waals surface area (Å²) in [5.41, 5.74) is 0.403. The second kappa shape index (κ2) is 6.69. The first-order valence-corrected chi connectivity index (χ1v) is 10.9. The molecule has 9 heteroatoms. The fraction of sp³-hybridized carbons (Fsp3) is 0.278. The summed E-state index contributed by atoms with van der Waals surface area (Å²) in [5.74, 6) is -0.813. The number of rotatable bonds is 5. The van der Waals surface area contributed by atoms with E-state index in [4.69, 9.17) is 4.52 Å². The molecule has 1 aromatic heterocycles. The Morgan fingerprint density at radius 1 is 1.30 bits per heavy atom. The summed E-state index contributed by atoms with van der Waals surface area (Å²) in [5, 5.41) is 3.63. The molecule has 3 aromatic rings. The van der Waals surface area contributed by atoms with E-state index in [-0.39, 0.29) is 28.8 Å². The zero-order chi connectivity index (χ0) is 19.3. The van der Waals surface area contributed by atoms with E-state index in [1.807, 2.05) is 22.6 Å². The second-order valence-corrected chi connectivity index (χ2v) is 9.82. The molecule has 0 spiro atoms. The molecule has 1 aliphatic rings. The maximum Gasteiger partial charge on any atom is 0.235 e. The summed E-state index contributed by atoms with van der Waals surface area (Å²) >= 11 is 1.98. The number of nitrogens with zero attached hydrogens (tertiary/aromatic N) is 1. The Labute approximate surface area is 168 Å². The number of hydrogen-bond donors (Lipinski definition) is 1. The Morgan fingerprint density at radius 2 is 2.04 bits per heavy atom. The number of anilines is 1. The van der Waals surface area contributed by atoms with Crippen LogP contribution in [0.5, 0.6) is 0 Å². The van der Waals surface area contributed by atoms with Gasteiger partial charge in [-0.15, -0.1) is 0 Å². The van der Waals surface area contributed by atoms with Crippen molar-refractivity contribution in [3.63, 3.8) is 0 Å². The van der Waals surface area contributed by atoms with Gasteiger partial charge in [0.05, 0.1) is 10.9 Å². The highest BCUT2D eigenvalue weighted by Crippen LogP contribution is 2.35. The van der Waals surface area contributed by atoms with Gasteiger partial charge in [0.1, 0.15) is 17.1 Å². The van der Waals surface area contributed by atoms with Crippen LogP contribution in [0.25, 0.3) is 10.9 Å². The summed E-state index contributed by atoms with van der Waals surface area (Å²) in [6.07, 6.45) is 1.04. The topological polar surface area (TPSA) is 72.2 Å². The van der Waals surface area contributed by atoms with Crippen LogP contribution in [0.2, 0.25) is 0 Å². The minimum Gasteiger partial charge on any atom is -0.360 e. The van der Waals surface area contributed by atoms with Crippen LogP contribution in [-0.4, -0.2) is 18.8 Å². The predicted molar refractivity (Wildman–Crippen MR) is 106 cm³/mol. The quantitative estimate of drug-likeness (QED) is 0.519. The number of sulfonamides is 1. The maximum atomic E-state index is 15.2. The zero-order valence-electron chi connectivity index (χ0n) is 14.2. The van der Waals surface area contributed by atoms with E-state index in [0.29, 0.717) is 27.6 Å². The number of fused-ring (bicyclic) bond motifs is 1. The van der Waals surface area contributed by atoms with Gasteiger partial charge in [0.2, 0.25) is 10.0 Å². The lowest BCUT2D eigenvalue weighted by molar-refractivity contribution is 0.403. The van der Waals surface area contributed by atoms with E-state index in [2.05, 4.69) is 9.88 Å². The lowest BCUT2D eigenvalue weighted by Crippen LogP contribution is -2.19. The van der Waals surface area contributed by atoms with E-state index in [0.717, 1.165) is 0 Å². The molecule has 5 nitrogen and oxygen atoms in total. The summed E-state index contributed by atoms with van der Waals surface area (Å²) in [6.45, 7) is 1.62. The maximum absolute atomic E-state index is 15.2. The molecule has 0 amide bonds. The van der Waals surface area contributed by atoms with E-state index in [1.54, 1.807) is 19.1 Å². The Bertz CT molecular complexity index is 1160. The molecule has 27 heavy (non-hydrogen) atoms. The molecule has 0 bridgehead atoms. The van der Waals surface area contributed by atoms with Crippen molar-refractivity contribution in [2.24, 2.45) is 0 Å². The van der Waals surface area contributed by atoms with Gasteiger partial charge in [-0.3, -0.25) is 4.72 Å². The number of benzene rings is 2. The van der Waals surface area contributed by atoms with Crippen LogP contribution in [0.4, 0.5) is 14.5 Å². The molecule has 0 unspecified atom stereocenters. The molecule has 1 saturated carbocycles. The van der Waals surface area contributed by atoms with Crippen molar-refractivity contribution in [2.75, 3.05) is 4.72 Å². The van der Waals surface area contributed by atoms with Crippen LogP contribution in [0.15, 0.2) is 28.8 Å². The molecule has 1 fully saturated rings. The van der Waals surface area contributed by atoms with Gasteiger partial charge in [-0.05, 0) is 66.1 Å². The van der Waals surface area contributed by atoms with Crippen molar-refractivity contribution >= 4 is 49.2 Å². The van der Waals surface area contributed by atoms with Crippen LogP contribution in [0, 0.1) is 22.1 Å². The molecule has 0 radical (unpaired) electrons. The van der Waals surface area contributed by atoms with Crippen molar-refractivity contribution < 1.29 is 21.7 Å². The Balaban J connectivity index is 1.85. The largest absolute Gasteiger partial charge is 0.360 e. The third-order valence-corrected chi connectivity index (χ3v) is 7.12. The van der Waals surface area contributed by atoms with Crippen molar-refractivity contribution in [2.45, 2.75) is 31.4 Å². The summed E-state index contributed by atoms with van der Waals surface area (Å²) < 4.78 is 62.5. The minimum atomic E-state index is -3.62. The van der Waals surface area contributed by atoms with Crippen LogP contribution in [-0.2, 0) is 16.4 Å². The molecule has 1 heterocycles. The molecule has 1 aliphatic carbocycles. The van der Waals surface area contributed by atoms with Crippen LogP contribution in [0.1, 0.15) is 29.7 Å². The molecule has 0 atom stereocenters. The SMILES string of the molecule is Cc1onc2c(F)c(Cc3ccc(I)cc3F)c(NS(=O)(=O)C3CC3)cc12. The number of aryl methyl sites for hydroxylation is 1. The Morgan fingerprint density at radius 3 is 2.70 bits per heavy atom.